The lowest BCUT2D eigenvalue weighted by Gasteiger charge is -2.20. The van der Waals surface area contributed by atoms with E-state index in [0.29, 0.717) is 27.9 Å². The van der Waals surface area contributed by atoms with Gasteiger partial charge in [-0.25, -0.2) is 0 Å². The smallest absolute Gasteiger partial charge is 0.280 e. The van der Waals surface area contributed by atoms with Crippen LogP contribution in [0.2, 0.25) is 5.02 Å². The maximum Gasteiger partial charge on any atom is 0.280 e. The molecule has 3 aromatic rings. The number of benzene rings is 1. The van der Waals surface area contributed by atoms with Crippen LogP contribution < -0.4 is 9.64 Å². The Morgan fingerprint density at radius 1 is 1.36 bits per heavy atom. The van der Waals surface area contributed by atoms with E-state index >= 15 is 0 Å². The highest BCUT2D eigenvalue weighted by Crippen LogP contribution is 2.39. The molecule has 0 saturated heterocycles. The van der Waals surface area contributed by atoms with Gasteiger partial charge in [-0.15, -0.1) is 11.3 Å². The summed E-state index contributed by atoms with van der Waals surface area (Å²) in [6.45, 7) is 0. The van der Waals surface area contributed by atoms with Gasteiger partial charge in [-0.1, -0.05) is 16.8 Å². The fourth-order valence-electron chi connectivity index (χ4n) is 3.09. The van der Waals surface area contributed by atoms with E-state index in [1.165, 1.54) is 9.78 Å². The van der Waals surface area contributed by atoms with Crippen molar-refractivity contribution in [2.75, 3.05) is 19.1 Å². The largest absolute Gasteiger partial charge is 0.495 e. The Bertz CT molecular complexity index is 963. The van der Waals surface area contributed by atoms with Gasteiger partial charge in [0.15, 0.2) is 11.5 Å². The first-order valence-electron chi connectivity index (χ1n) is 7.77. The molecule has 1 aromatic carbocycles. The number of fused-ring (bicyclic) bond motifs is 3. The second-order valence-corrected chi connectivity index (χ2v) is 7.21. The lowest BCUT2D eigenvalue weighted by Crippen LogP contribution is -2.28. The lowest BCUT2D eigenvalue weighted by molar-refractivity contribution is 0.0983. The van der Waals surface area contributed by atoms with Gasteiger partial charge in [0.25, 0.3) is 5.91 Å². The summed E-state index contributed by atoms with van der Waals surface area (Å²) in [6, 6.07) is 7.17. The molecule has 128 valence electrons. The fraction of sp³-hybridized carbons (Fsp3) is 0.222. The second-order valence-electron chi connectivity index (χ2n) is 5.78. The van der Waals surface area contributed by atoms with Crippen LogP contribution in [-0.4, -0.2) is 25.2 Å². The molecule has 2 heterocycles. The molecule has 0 N–H and O–H groups in total. The molecule has 0 radical (unpaired) electrons. The number of carbonyl (C=O) groups excluding carboxylic acids is 1. The number of thiophene rings is 1. The van der Waals surface area contributed by atoms with Crippen LogP contribution in [0.3, 0.4) is 0 Å². The van der Waals surface area contributed by atoms with Gasteiger partial charge in [-0.3, -0.25) is 4.79 Å². The highest BCUT2D eigenvalue weighted by Gasteiger charge is 2.30. The first kappa shape index (κ1) is 16.2. The molecule has 1 aliphatic rings. The van der Waals surface area contributed by atoms with Crippen molar-refractivity contribution < 1.29 is 14.1 Å². The quantitative estimate of drug-likeness (QED) is 0.680. The number of nitrogens with zero attached hydrogens (tertiary/aromatic N) is 2. The number of rotatable bonds is 3. The van der Waals surface area contributed by atoms with Gasteiger partial charge in [0, 0.05) is 28.1 Å². The number of hydrogen-bond donors (Lipinski definition) is 0. The van der Waals surface area contributed by atoms with Crippen LogP contribution >= 0.6 is 22.9 Å². The highest BCUT2D eigenvalue weighted by molar-refractivity contribution is 7.10. The van der Waals surface area contributed by atoms with Gasteiger partial charge in [-0.2, -0.15) is 0 Å². The van der Waals surface area contributed by atoms with Crippen molar-refractivity contribution in [2.24, 2.45) is 0 Å². The number of methoxy groups -OCH3 is 1. The zero-order valence-corrected chi connectivity index (χ0v) is 15.3. The molecule has 4 rings (SSSR count). The molecule has 0 fully saturated rings. The minimum absolute atomic E-state index is 0.246. The number of halogens is 1. The van der Waals surface area contributed by atoms with Crippen molar-refractivity contribution in [3.63, 3.8) is 0 Å². The standard InChI is InChI=1S/C18H15ClN2O3S/c1-21(13-9-10(19)3-5-14(13)23-2)18(22)16-12-4-6-15-11(7-8-25-15)17(12)24-20-16/h3,5,7-9H,4,6H2,1-2H3. The van der Waals surface area contributed by atoms with E-state index in [4.69, 9.17) is 20.9 Å². The predicted octanol–water partition coefficient (Wildman–Crippen LogP) is 4.44. The van der Waals surface area contributed by atoms with Gasteiger partial charge in [0.05, 0.1) is 12.8 Å². The second kappa shape index (κ2) is 6.20. The third kappa shape index (κ3) is 2.62. The van der Waals surface area contributed by atoms with Gasteiger partial charge in [0.2, 0.25) is 0 Å². The summed E-state index contributed by atoms with van der Waals surface area (Å²) in [6.07, 6.45) is 1.64. The Balaban J connectivity index is 1.73. The SMILES string of the molecule is COc1ccc(Cl)cc1N(C)C(=O)c1noc2c1CCc1sccc1-2. The summed E-state index contributed by atoms with van der Waals surface area (Å²) in [5.74, 6) is 1.03. The van der Waals surface area contributed by atoms with Gasteiger partial charge in [-0.05, 0) is 42.5 Å². The van der Waals surface area contributed by atoms with Crippen LogP contribution in [0, 0.1) is 0 Å². The molecule has 0 aliphatic heterocycles. The Kier molecular flexibility index (Phi) is 4.01. The average Bonchev–Trinajstić information content (AvgIpc) is 3.26. The van der Waals surface area contributed by atoms with Crippen LogP contribution in [-0.2, 0) is 12.8 Å². The molecule has 0 unspecified atom stereocenters. The van der Waals surface area contributed by atoms with E-state index in [2.05, 4.69) is 5.16 Å². The van der Waals surface area contributed by atoms with E-state index in [-0.39, 0.29) is 5.91 Å². The minimum Gasteiger partial charge on any atom is -0.495 e. The van der Waals surface area contributed by atoms with Crippen LogP contribution in [0.5, 0.6) is 5.75 Å². The molecule has 0 bridgehead atoms. The van der Waals surface area contributed by atoms with Gasteiger partial charge < -0.3 is 14.2 Å². The topological polar surface area (TPSA) is 55.6 Å². The predicted molar refractivity (Wildman–Crippen MR) is 98.0 cm³/mol. The third-order valence-electron chi connectivity index (χ3n) is 4.39. The molecule has 1 aliphatic carbocycles. The monoisotopic (exact) mass is 374 g/mol. The van der Waals surface area contributed by atoms with Gasteiger partial charge in [0.1, 0.15) is 5.75 Å². The van der Waals surface area contributed by atoms with Crippen molar-refractivity contribution >= 4 is 34.5 Å². The van der Waals surface area contributed by atoms with Crippen molar-refractivity contribution in [1.29, 1.82) is 0 Å². The number of ether oxygens (including phenoxy) is 1. The summed E-state index contributed by atoms with van der Waals surface area (Å²) >= 11 is 7.78. The number of amides is 1. The Morgan fingerprint density at radius 3 is 3.00 bits per heavy atom. The summed E-state index contributed by atoms with van der Waals surface area (Å²) in [5, 5.41) is 6.63. The minimum atomic E-state index is -0.246. The summed E-state index contributed by atoms with van der Waals surface area (Å²) in [4.78, 5) is 15.8. The molecule has 0 atom stereocenters. The van der Waals surface area contributed by atoms with Crippen LogP contribution in [0.1, 0.15) is 20.9 Å². The average molecular weight is 375 g/mol. The molecular formula is C18H15ClN2O3S. The number of aryl methyl sites for hydroxylation is 1. The van der Waals surface area contributed by atoms with E-state index in [1.807, 2.05) is 11.4 Å². The van der Waals surface area contributed by atoms with E-state index in [1.54, 1.807) is 43.7 Å². The molecule has 2 aromatic heterocycles. The molecule has 5 nitrogen and oxygen atoms in total. The maximum atomic E-state index is 13.0. The molecule has 1 amide bonds. The van der Waals surface area contributed by atoms with E-state index < -0.39 is 0 Å². The number of aromatic nitrogens is 1. The van der Waals surface area contributed by atoms with Crippen LogP contribution in [0.15, 0.2) is 34.2 Å². The van der Waals surface area contributed by atoms with Crippen molar-refractivity contribution in [3.8, 4) is 17.1 Å². The molecule has 25 heavy (non-hydrogen) atoms. The summed E-state index contributed by atoms with van der Waals surface area (Å²) in [5.41, 5.74) is 2.84. The molecule has 0 spiro atoms. The van der Waals surface area contributed by atoms with Crippen molar-refractivity contribution in [1.82, 2.24) is 5.16 Å². The fourth-order valence-corrected chi connectivity index (χ4v) is 4.13. The third-order valence-corrected chi connectivity index (χ3v) is 5.61. The van der Waals surface area contributed by atoms with Crippen molar-refractivity contribution in [3.05, 3.63) is 50.8 Å². The normalized spacial score (nSPS) is 12.4. The molecule has 0 saturated carbocycles. The van der Waals surface area contributed by atoms with E-state index in [0.717, 1.165) is 24.0 Å². The Morgan fingerprint density at radius 2 is 2.20 bits per heavy atom. The zero-order chi connectivity index (χ0) is 17.6. The molecular weight excluding hydrogens is 360 g/mol. The maximum absolute atomic E-state index is 13.0. The number of hydrogen-bond acceptors (Lipinski definition) is 5. The summed E-state index contributed by atoms with van der Waals surface area (Å²) < 4.78 is 10.9. The first-order chi connectivity index (χ1) is 12.1. The Hall–Kier alpha value is -2.31. The zero-order valence-electron chi connectivity index (χ0n) is 13.7. The summed E-state index contributed by atoms with van der Waals surface area (Å²) in [7, 11) is 3.23. The van der Waals surface area contributed by atoms with Crippen LogP contribution in [0.25, 0.3) is 11.3 Å². The Labute approximate surface area is 153 Å². The molecule has 7 heteroatoms. The number of carbonyl (C=O) groups is 1. The first-order valence-corrected chi connectivity index (χ1v) is 9.02. The van der Waals surface area contributed by atoms with Gasteiger partial charge >= 0.3 is 0 Å². The lowest BCUT2D eigenvalue weighted by atomic mass is 9.95. The van der Waals surface area contributed by atoms with Crippen molar-refractivity contribution in [2.45, 2.75) is 12.8 Å². The number of anilines is 1. The van der Waals surface area contributed by atoms with Crippen LogP contribution in [0.4, 0.5) is 5.69 Å². The highest BCUT2D eigenvalue weighted by atomic mass is 35.5. The van der Waals surface area contributed by atoms with E-state index in [9.17, 15) is 4.79 Å².